The van der Waals surface area contributed by atoms with Gasteiger partial charge in [0.15, 0.2) is 0 Å². The van der Waals surface area contributed by atoms with Crippen molar-refractivity contribution in [1.29, 1.82) is 0 Å². The number of rotatable bonds is 2. The van der Waals surface area contributed by atoms with Crippen LogP contribution in [0, 0.1) is 0 Å². The molecule has 0 bridgehead atoms. The van der Waals surface area contributed by atoms with Crippen LogP contribution in [0.2, 0.25) is 0 Å². The lowest BCUT2D eigenvalue weighted by atomic mass is 10.1. The first-order valence-corrected chi connectivity index (χ1v) is 2.96. The third-order valence-electron chi connectivity index (χ3n) is 0.538. The second-order valence-corrected chi connectivity index (χ2v) is 1.93. The molecule has 0 saturated carbocycles. The van der Waals surface area contributed by atoms with Gasteiger partial charge in [0.25, 0.3) is 0 Å². The molecule has 0 rings (SSSR count). The number of carbonyl (C=O) groups is 1. The van der Waals surface area contributed by atoms with Gasteiger partial charge in [-0.2, -0.15) is 0 Å². The second kappa shape index (κ2) is 8.56. The van der Waals surface area contributed by atoms with E-state index in [2.05, 4.69) is 0 Å². The Balaban J connectivity index is -0.000000149. The predicted molar refractivity (Wildman–Crippen MR) is 42.5 cm³/mol. The maximum atomic E-state index is 11.3. The summed E-state index contributed by atoms with van der Waals surface area (Å²) in [6.07, 6.45) is 0.507. The first kappa shape index (κ1) is 16.3. The Hall–Kier alpha value is -0.440. The quantitative estimate of drug-likeness (QED) is 0.483. The van der Waals surface area contributed by atoms with E-state index in [-0.39, 0.29) is 7.43 Å². The SMILES string of the molecule is C.CC.CC(C)(C=O)NF. The number of hydrogen-bond donors (Lipinski definition) is 1. The van der Waals surface area contributed by atoms with Crippen molar-refractivity contribution in [3.05, 3.63) is 0 Å². The molecule has 1 N–H and O–H groups in total. The average molecular weight is 151 g/mol. The zero-order valence-corrected chi connectivity index (χ0v) is 6.36. The lowest BCUT2D eigenvalue weighted by Crippen LogP contribution is -2.34. The topological polar surface area (TPSA) is 29.1 Å². The van der Waals surface area contributed by atoms with Gasteiger partial charge in [0.2, 0.25) is 0 Å². The monoisotopic (exact) mass is 151 g/mol. The number of halogens is 1. The first-order valence-electron chi connectivity index (χ1n) is 2.96. The molecule has 0 aliphatic heterocycles. The third-order valence-corrected chi connectivity index (χ3v) is 0.538. The van der Waals surface area contributed by atoms with E-state index in [1.54, 1.807) is 0 Å². The Morgan fingerprint density at radius 2 is 1.70 bits per heavy atom. The molecular formula is C7H18FNO. The number of carbonyl (C=O) groups excluding carboxylic acids is 1. The summed E-state index contributed by atoms with van der Waals surface area (Å²) in [6, 6.07) is 0. The molecule has 10 heavy (non-hydrogen) atoms. The summed E-state index contributed by atoms with van der Waals surface area (Å²) < 4.78 is 11.3. The van der Waals surface area contributed by atoms with Crippen LogP contribution in [0.3, 0.4) is 0 Å². The summed E-state index contributed by atoms with van der Waals surface area (Å²) in [6.45, 7) is 6.89. The summed E-state index contributed by atoms with van der Waals surface area (Å²) in [5.74, 6) is 0. The van der Waals surface area contributed by atoms with Gasteiger partial charge in [0, 0.05) is 0 Å². The number of hydrogen-bond acceptors (Lipinski definition) is 2. The van der Waals surface area contributed by atoms with Gasteiger partial charge in [0.1, 0.15) is 6.29 Å². The zero-order chi connectivity index (χ0) is 7.91. The average Bonchev–Trinajstić information content (AvgIpc) is 1.93. The lowest BCUT2D eigenvalue weighted by molar-refractivity contribution is -0.113. The predicted octanol–water partition coefficient (Wildman–Crippen LogP) is 2.10. The Kier molecular flexibility index (Phi) is 13.9. The maximum Gasteiger partial charge on any atom is 0.142 e. The van der Waals surface area contributed by atoms with Crippen LogP contribution in [0.15, 0.2) is 0 Å². The van der Waals surface area contributed by atoms with Crippen molar-refractivity contribution >= 4 is 6.29 Å². The van der Waals surface area contributed by atoms with E-state index in [9.17, 15) is 9.28 Å². The summed E-state index contributed by atoms with van der Waals surface area (Å²) in [5.41, 5.74) is 0.309. The fourth-order valence-electron chi connectivity index (χ4n) is 0.0223. The highest BCUT2D eigenvalue weighted by molar-refractivity contribution is 5.62. The lowest BCUT2D eigenvalue weighted by Gasteiger charge is -2.09. The molecule has 0 aliphatic rings. The van der Waals surface area contributed by atoms with Gasteiger partial charge < -0.3 is 4.79 Å². The van der Waals surface area contributed by atoms with Crippen molar-refractivity contribution in [2.45, 2.75) is 40.7 Å². The van der Waals surface area contributed by atoms with Gasteiger partial charge in [0.05, 0.1) is 5.54 Å². The molecule has 0 aliphatic carbocycles. The van der Waals surface area contributed by atoms with Crippen LogP contribution < -0.4 is 5.54 Å². The highest BCUT2D eigenvalue weighted by Gasteiger charge is 2.13. The van der Waals surface area contributed by atoms with E-state index in [4.69, 9.17) is 0 Å². The second-order valence-electron chi connectivity index (χ2n) is 1.93. The van der Waals surface area contributed by atoms with Gasteiger partial charge in [-0.1, -0.05) is 21.3 Å². The summed E-state index contributed by atoms with van der Waals surface area (Å²) in [5, 5.41) is 0. The molecule has 0 heterocycles. The van der Waals surface area contributed by atoms with Gasteiger partial charge in [-0.15, -0.1) is 10.0 Å². The number of aldehydes is 1. The van der Waals surface area contributed by atoms with E-state index < -0.39 is 5.54 Å². The molecule has 64 valence electrons. The largest absolute Gasteiger partial charge is 0.301 e. The molecule has 0 unspecified atom stereocenters. The molecule has 0 radical (unpaired) electrons. The van der Waals surface area contributed by atoms with Crippen LogP contribution in [0.1, 0.15) is 35.1 Å². The van der Waals surface area contributed by atoms with Crippen LogP contribution in [0.4, 0.5) is 4.48 Å². The Morgan fingerprint density at radius 1 is 1.40 bits per heavy atom. The number of nitrogens with one attached hydrogen (secondary N) is 1. The smallest absolute Gasteiger partial charge is 0.142 e. The summed E-state index contributed by atoms with van der Waals surface area (Å²) in [7, 11) is 0. The van der Waals surface area contributed by atoms with Crippen molar-refractivity contribution in [2.75, 3.05) is 0 Å². The minimum absolute atomic E-state index is 0. The highest BCUT2D eigenvalue weighted by atomic mass is 19.2. The highest BCUT2D eigenvalue weighted by Crippen LogP contribution is 1.93. The van der Waals surface area contributed by atoms with Gasteiger partial charge >= 0.3 is 0 Å². The van der Waals surface area contributed by atoms with E-state index in [0.29, 0.717) is 6.29 Å². The van der Waals surface area contributed by atoms with Crippen LogP contribution in [-0.4, -0.2) is 11.8 Å². The Labute approximate surface area is 62.8 Å². The summed E-state index contributed by atoms with van der Waals surface area (Å²) >= 11 is 0. The molecule has 0 aromatic carbocycles. The molecule has 0 saturated heterocycles. The summed E-state index contributed by atoms with van der Waals surface area (Å²) in [4.78, 5) is 9.76. The van der Waals surface area contributed by atoms with Crippen molar-refractivity contribution in [2.24, 2.45) is 0 Å². The molecule has 0 fully saturated rings. The Morgan fingerprint density at radius 3 is 1.70 bits per heavy atom. The fourth-order valence-corrected chi connectivity index (χ4v) is 0.0223. The van der Waals surface area contributed by atoms with Crippen LogP contribution in [0.25, 0.3) is 0 Å². The van der Waals surface area contributed by atoms with Crippen molar-refractivity contribution < 1.29 is 9.28 Å². The molecule has 0 amide bonds. The van der Waals surface area contributed by atoms with Crippen LogP contribution in [-0.2, 0) is 4.79 Å². The van der Waals surface area contributed by atoms with Crippen molar-refractivity contribution in [3.8, 4) is 0 Å². The molecule has 0 atom stereocenters. The molecule has 2 nitrogen and oxygen atoms in total. The fraction of sp³-hybridized carbons (Fsp3) is 0.857. The van der Waals surface area contributed by atoms with E-state index in [1.807, 2.05) is 13.8 Å². The molecule has 0 aromatic heterocycles. The molecule has 3 heteroatoms. The van der Waals surface area contributed by atoms with Crippen LogP contribution in [0.5, 0.6) is 0 Å². The van der Waals surface area contributed by atoms with Gasteiger partial charge in [-0.25, -0.2) is 0 Å². The van der Waals surface area contributed by atoms with E-state index in [1.165, 1.54) is 19.4 Å². The standard InChI is InChI=1S/C4H8FNO.C2H6.CH4/c1-4(2,3-7)6-5;1-2;/h3,6H,1-2H3;1-2H3;1H4. The van der Waals surface area contributed by atoms with Crippen molar-refractivity contribution in [3.63, 3.8) is 0 Å². The Bertz CT molecular complexity index is 74.0. The van der Waals surface area contributed by atoms with E-state index in [0.717, 1.165) is 0 Å². The van der Waals surface area contributed by atoms with Gasteiger partial charge in [-0.05, 0) is 13.8 Å². The molecular weight excluding hydrogens is 133 g/mol. The zero-order valence-electron chi connectivity index (χ0n) is 6.36. The van der Waals surface area contributed by atoms with Crippen molar-refractivity contribution in [1.82, 2.24) is 5.54 Å². The van der Waals surface area contributed by atoms with E-state index >= 15 is 0 Å². The minimum Gasteiger partial charge on any atom is -0.301 e. The molecule has 0 spiro atoms. The maximum absolute atomic E-state index is 11.3. The van der Waals surface area contributed by atoms with Gasteiger partial charge in [-0.3, -0.25) is 0 Å². The molecule has 0 aromatic rings. The normalized spacial score (nSPS) is 8.50. The first-order chi connectivity index (χ1) is 4.12. The third kappa shape index (κ3) is 10.5. The van der Waals surface area contributed by atoms with Crippen LogP contribution >= 0.6 is 0 Å². The minimum atomic E-state index is -1.01.